The van der Waals surface area contributed by atoms with Crippen LogP contribution in [0.3, 0.4) is 0 Å². The Hall–Kier alpha value is -1.65. The smallest absolute Gasteiger partial charge is 0.123 e. The van der Waals surface area contributed by atoms with Crippen LogP contribution in [0, 0.1) is 12.7 Å². The fourth-order valence-electron chi connectivity index (χ4n) is 2.25. The van der Waals surface area contributed by atoms with Gasteiger partial charge in [-0.05, 0) is 43.2 Å². The van der Waals surface area contributed by atoms with E-state index in [1.165, 1.54) is 12.1 Å². The summed E-state index contributed by atoms with van der Waals surface area (Å²) in [5.74, 6) is 1.52. The topological polar surface area (TPSA) is 36.6 Å². The molecule has 0 radical (unpaired) electrons. The Bertz CT molecular complexity index is 550. The van der Waals surface area contributed by atoms with Crippen molar-refractivity contribution in [2.24, 2.45) is 0 Å². The molecule has 2 aromatic rings. The molecule has 0 aliphatic carbocycles. The van der Waals surface area contributed by atoms with Gasteiger partial charge in [0.1, 0.15) is 17.3 Å². The number of nitrogens with zero attached hydrogens (tertiary/aromatic N) is 1. The molecule has 21 heavy (non-hydrogen) atoms. The molecule has 0 saturated carbocycles. The standard InChI is InChI=1S/C17H22FNO2/c1-3-16(20)11-19(12-17-9-4-13(2)21-17)10-14-5-7-15(18)8-6-14/h4-9,16,20H,3,10-12H2,1-2H3/t16-/m0/s1. The van der Waals surface area contributed by atoms with E-state index >= 15 is 0 Å². The molecule has 3 nitrogen and oxygen atoms in total. The Labute approximate surface area is 125 Å². The fourth-order valence-corrected chi connectivity index (χ4v) is 2.25. The molecule has 0 spiro atoms. The summed E-state index contributed by atoms with van der Waals surface area (Å²) in [6.07, 6.45) is 0.332. The highest BCUT2D eigenvalue weighted by Gasteiger charge is 2.13. The van der Waals surface area contributed by atoms with Crippen molar-refractivity contribution in [2.45, 2.75) is 39.5 Å². The predicted molar refractivity (Wildman–Crippen MR) is 80.3 cm³/mol. The second-order valence-corrected chi connectivity index (χ2v) is 5.37. The Morgan fingerprint density at radius 1 is 1.14 bits per heavy atom. The summed E-state index contributed by atoms with van der Waals surface area (Å²) in [5, 5.41) is 9.90. The summed E-state index contributed by atoms with van der Waals surface area (Å²) in [5.41, 5.74) is 1.02. The van der Waals surface area contributed by atoms with Crippen molar-refractivity contribution in [3.63, 3.8) is 0 Å². The van der Waals surface area contributed by atoms with E-state index < -0.39 is 0 Å². The van der Waals surface area contributed by atoms with Gasteiger partial charge in [0.15, 0.2) is 0 Å². The molecule has 114 valence electrons. The van der Waals surface area contributed by atoms with E-state index in [1.54, 1.807) is 12.1 Å². The van der Waals surface area contributed by atoms with Gasteiger partial charge in [0.2, 0.25) is 0 Å². The molecule has 0 saturated heterocycles. The van der Waals surface area contributed by atoms with Crippen LogP contribution in [0.1, 0.15) is 30.4 Å². The molecule has 0 aliphatic rings. The normalized spacial score (nSPS) is 12.8. The minimum Gasteiger partial charge on any atom is -0.465 e. The molecule has 0 unspecified atom stereocenters. The third kappa shape index (κ3) is 4.99. The van der Waals surface area contributed by atoms with Crippen LogP contribution < -0.4 is 0 Å². The quantitative estimate of drug-likeness (QED) is 0.848. The van der Waals surface area contributed by atoms with Crippen LogP contribution in [0.4, 0.5) is 4.39 Å². The SMILES string of the molecule is CC[C@H](O)CN(Cc1ccc(F)cc1)Cc1ccc(C)o1. The molecular formula is C17H22FNO2. The van der Waals surface area contributed by atoms with Gasteiger partial charge < -0.3 is 9.52 Å². The van der Waals surface area contributed by atoms with E-state index in [0.29, 0.717) is 26.1 Å². The average molecular weight is 291 g/mol. The van der Waals surface area contributed by atoms with Gasteiger partial charge in [0, 0.05) is 13.1 Å². The van der Waals surface area contributed by atoms with Crippen molar-refractivity contribution in [3.05, 3.63) is 59.3 Å². The molecule has 1 aromatic carbocycles. The van der Waals surface area contributed by atoms with Gasteiger partial charge in [-0.15, -0.1) is 0 Å². The monoisotopic (exact) mass is 291 g/mol. The van der Waals surface area contributed by atoms with Crippen LogP contribution in [-0.4, -0.2) is 22.7 Å². The zero-order valence-electron chi connectivity index (χ0n) is 12.6. The molecule has 1 N–H and O–H groups in total. The van der Waals surface area contributed by atoms with Gasteiger partial charge in [0.25, 0.3) is 0 Å². The summed E-state index contributed by atoms with van der Waals surface area (Å²) in [6.45, 7) is 5.71. The predicted octanol–water partition coefficient (Wildman–Crippen LogP) is 3.50. The van der Waals surface area contributed by atoms with E-state index in [9.17, 15) is 9.50 Å². The maximum Gasteiger partial charge on any atom is 0.123 e. The molecule has 4 heteroatoms. The maximum absolute atomic E-state index is 13.0. The van der Waals surface area contributed by atoms with Crippen molar-refractivity contribution in [1.29, 1.82) is 0 Å². The molecule has 1 heterocycles. The Kier molecular flexibility index (Phi) is 5.53. The van der Waals surface area contributed by atoms with Crippen LogP contribution in [-0.2, 0) is 13.1 Å². The van der Waals surface area contributed by atoms with Crippen LogP contribution in [0.2, 0.25) is 0 Å². The summed E-state index contributed by atoms with van der Waals surface area (Å²) in [7, 11) is 0. The third-order valence-electron chi connectivity index (χ3n) is 3.44. The van der Waals surface area contributed by atoms with Gasteiger partial charge in [-0.2, -0.15) is 0 Å². The summed E-state index contributed by atoms with van der Waals surface area (Å²) in [6, 6.07) is 10.3. The molecule has 0 fully saturated rings. The molecule has 2 rings (SSSR count). The van der Waals surface area contributed by atoms with Gasteiger partial charge in [-0.1, -0.05) is 19.1 Å². The zero-order chi connectivity index (χ0) is 15.2. The van der Waals surface area contributed by atoms with Crippen molar-refractivity contribution in [2.75, 3.05) is 6.54 Å². The highest BCUT2D eigenvalue weighted by atomic mass is 19.1. The largest absolute Gasteiger partial charge is 0.465 e. The molecular weight excluding hydrogens is 269 g/mol. The number of benzene rings is 1. The van der Waals surface area contributed by atoms with Crippen molar-refractivity contribution in [1.82, 2.24) is 4.90 Å². The molecule has 1 atom stereocenters. The lowest BCUT2D eigenvalue weighted by Crippen LogP contribution is -2.31. The molecule has 0 amide bonds. The van der Waals surface area contributed by atoms with Crippen LogP contribution in [0.15, 0.2) is 40.8 Å². The van der Waals surface area contributed by atoms with E-state index in [0.717, 1.165) is 17.1 Å². The summed E-state index contributed by atoms with van der Waals surface area (Å²) in [4.78, 5) is 2.11. The van der Waals surface area contributed by atoms with E-state index in [2.05, 4.69) is 4.90 Å². The van der Waals surface area contributed by atoms with Gasteiger partial charge in [0.05, 0.1) is 12.6 Å². The minimum atomic E-state index is -0.374. The van der Waals surface area contributed by atoms with Gasteiger partial charge in [-0.3, -0.25) is 4.90 Å². The highest BCUT2D eigenvalue weighted by Crippen LogP contribution is 2.14. The number of halogens is 1. The number of furan rings is 1. The number of rotatable bonds is 7. The van der Waals surface area contributed by atoms with Crippen molar-refractivity contribution < 1.29 is 13.9 Å². The number of aliphatic hydroxyl groups is 1. The zero-order valence-corrected chi connectivity index (χ0v) is 12.6. The van der Waals surface area contributed by atoms with Crippen LogP contribution in [0.5, 0.6) is 0 Å². The average Bonchev–Trinajstić information content (AvgIpc) is 2.86. The van der Waals surface area contributed by atoms with Gasteiger partial charge >= 0.3 is 0 Å². The van der Waals surface area contributed by atoms with Gasteiger partial charge in [-0.25, -0.2) is 4.39 Å². The first-order valence-electron chi connectivity index (χ1n) is 7.27. The molecule has 0 aliphatic heterocycles. The highest BCUT2D eigenvalue weighted by molar-refractivity contribution is 5.16. The number of aliphatic hydroxyl groups excluding tert-OH is 1. The second-order valence-electron chi connectivity index (χ2n) is 5.37. The maximum atomic E-state index is 13.0. The first kappa shape index (κ1) is 15.7. The third-order valence-corrected chi connectivity index (χ3v) is 3.44. The van der Waals surface area contributed by atoms with Crippen LogP contribution >= 0.6 is 0 Å². The fraction of sp³-hybridized carbons (Fsp3) is 0.412. The first-order valence-corrected chi connectivity index (χ1v) is 7.27. The summed E-state index contributed by atoms with van der Waals surface area (Å²) >= 11 is 0. The number of hydrogen-bond donors (Lipinski definition) is 1. The molecule has 0 bridgehead atoms. The van der Waals surface area contributed by atoms with E-state index in [1.807, 2.05) is 26.0 Å². The Morgan fingerprint density at radius 2 is 1.86 bits per heavy atom. The Morgan fingerprint density at radius 3 is 2.43 bits per heavy atom. The summed E-state index contributed by atoms with van der Waals surface area (Å²) < 4.78 is 18.6. The lowest BCUT2D eigenvalue weighted by molar-refractivity contribution is 0.0972. The Balaban J connectivity index is 2.05. The van der Waals surface area contributed by atoms with Crippen LogP contribution in [0.25, 0.3) is 0 Å². The first-order chi connectivity index (χ1) is 10.1. The number of aryl methyl sites for hydroxylation is 1. The lowest BCUT2D eigenvalue weighted by Gasteiger charge is -2.23. The lowest BCUT2D eigenvalue weighted by atomic mass is 10.2. The van der Waals surface area contributed by atoms with Crippen molar-refractivity contribution >= 4 is 0 Å². The van der Waals surface area contributed by atoms with Crippen molar-refractivity contribution in [3.8, 4) is 0 Å². The second kappa shape index (κ2) is 7.38. The van der Waals surface area contributed by atoms with E-state index in [4.69, 9.17) is 4.42 Å². The molecule has 1 aromatic heterocycles. The van der Waals surface area contributed by atoms with E-state index in [-0.39, 0.29) is 11.9 Å². The number of hydrogen-bond acceptors (Lipinski definition) is 3. The minimum absolute atomic E-state index is 0.236.